The molecular formula is C10H10O2S. The van der Waals surface area contributed by atoms with Gasteiger partial charge in [-0.3, -0.25) is 4.79 Å². The van der Waals surface area contributed by atoms with Crippen LogP contribution in [-0.4, -0.2) is 16.7 Å². The first-order chi connectivity index (χ1) is 6.24. The van der Waals surface area contributed by atoms with Crippen LogP contribution in [0.3, 0.4) is 0 Å². The first-order valence-electron chi connectivity index (χ1n) is 3.95. The van der Waals surface area contributed by atoms with Gasteiger partial charge in [0.25, 0.3) is 0 Å². The van der Waals surface area contributed by atoms with E-state index in [0.717, 1.165) is 18.0 Å². The Morgan fingerprint density at radius 2 is 2.00 bits per heavy atom. The van der Waals surface area contributed by atoms with E-state index in [1.807, 2.05) is 6.07 Å². The fourth-order valence-corrected chi connectivity index (χ4v) is 1.50. The molecule has 0 aliphatic heterocycles. The summed E-state index contributed by atoms with van der Waals surface area (Å²) in [6.45, 7) is 1.71. The first kappa shape index (κ1) is 9.99. The van der Waals surface area contributed by atoms with Crippen LogP contribution in [0.25, 0.3) is 0 Å². The van der Waals surface area contributed by atoms with Crippen LogP contribution in [0.1, 0.15) is 17.3 Å². The van der Waals surface area contributed by atoms with E-state index >= 15 is 0 Å². The van der Waals surface area contributed by atoms with Gasteiger partial charge in [0, 0.05) is 5.56 Å². The molecule has 2 nitrogen and oxygen atoms in total. The van der Waals surface area contributed by atoms with E-state index in [1.54, 1.807) is 31.2 Å². The fourth-order valence-electron chi connectivity index (χ4n) is 0.839. The van der Waals surface area contributed by atoms with Crippen LogP contribution in [0.5, 0.6) is 0 Å². The molecule has 1 aromatic rings. The van der Waals surface area contributed by atoms with Gasteiger partial charge in [0.15, 0.2) is 0 Å². The molecule has 3 heteroatoms. The minimum atomic E-state index is -0.271. The molecule has 0 bridgehead atoms. The standard InChI is InChI=1S/C10H10O2S/c1-8(7-11)13-10(12)9-5-3-2-4-6-9/h2-8H,1H3. The number of hydrogen-bond donors (Lipinski definition) is 0. The van der Waals surface area contributed by atoms with Crippen LogP contribution in [0.2, 0.25) is 0 Å². The van der Waals surface area contributed by atoms with Crippen LogP contribution >= 0.6 is 11.8 Å². The monoisotopic (exact) mass is 194 g/mol. The molecule has 1 rings (SSSR count). The van der Waals surface area contributed by atoms with Crippen LogP contribution in [0.15, 0.2) is 30.3 Å². The molecule has 0 amide bonds. The predicted octanol–water partition coefficient (Wildman–Crippen LogP) is 2.15. The normalized spacial score (nSPS) is 12.1. The van der Waals surface area contributed by atoms with Crippen LogP contribution in [0.4, 0.5) is 0 Å². The molecule has 0 saturated heterocycles. The Morgan fingerprint density at radius 3 is 2.54 bits per heavy atom. The van der Waals surface area contributed by atoms with Gasteiger partial charge in [-0.05, 0) is 6.92 Å². The molecule has 0 spiro atoms. The van der Waals surface area contributed by atoms with Crippen molar-refractivity contribution >= 4 is 23.2 Å². The van der Waals surface area contributed by atoms with Crippen molar-refractivity contribution < 1.29 is 9.59 Å². The van der Waals surface area contributed by atoms with Crippen molar-refractivity contribution in [1.29, 1.82) is 0 Å². The lowest BCUT2D eigenvalue weighted by Gasteiger charge is -2.01. The van der Waals surface area contributed by atoms with Gasteiger partial charge in [-0.25, -0.2) is 0 Å². The molecule has 0 heterocycles. The van der Waals surface area contributed by atoms with Crippen molar-refractivity contribution in [3.05, 3.63) is 35.9 Å². The summed E-state index contributed by atoms with van der Waals surface area (Å²) in [6.07, 6.45) is 0.769. The molecule has 0 saturated carbocycles. The van der Waals surface area contributed by atoms with Crippen molar-refractivity contribution in [1.82, 2.24) is 0 Å². The number of benzene rings is 1. The van der Waals surface area contributed by atoms with Gasteiger partial charge in [0.2, 0.25) is 5.12 Å². The molecule has 68 valence electrons. The van der Waals surface area contributed by atoms with E-state index in [0.29, 0.717) is 5.56 Å². The average molecular weight is 194 g/mol. The Kier molecular flexibility index (Phi) is 3.71. The Balaban J connectivity index is 2.64. The second kappa shape index (κ2) is 4.82. The summed E-state index contributed by atoms with van der Waals surface area (Å²) in [5.41, 5.74) is 0.640. The van der Waals surface area contributed by atoms with Crippen LogP contribution in [-0.2, 0) is 4.79 Å². The van der Waals surface area contributed by atoms with Crippen molar-refractivity contribution in [3.8, 4) is 0 Å². The summed E-state index contributed by atoms with van der Waals surface area (Å²) < 4.78 is 0. The molecule has 0 aromatic heterocycles. The summed E-state index contributed by atoms with van der Waals surface area (Å²) in [6, 6.07) is 8.95. The molecule has 1 unspecified atom stereocenters. The zero-order chi connectivity index (χ0) is 9.68. The van der Waals surface area contributed by atoms with E-state index in [1.165, 1.54) is 0 Å². The van der Waals surface area contributed by atoms with Gasteiger partial charge in [0.05, 0.1) is 5.25 Å². The summed E-state index contributed by atoms with van der Waals surface area (Å²) in [5, 5.41) is -0.326. The quantitative estimate of drug-likeness (QED) is 0.691. The smallest absolute Gasteiger partial charge is 0.220 e. The van der Waals surface area contributed by atoms with E-state index < -0.39 is 0 Å². The van der Waals surface area contributed by atoms with Crippen LogP contribution < -0.4 is 0 Å². The number of carbonyl (C=O) groups is 2. The lowest BCUT2D eigenvalue weighted by Crippen LogP contribution is -2.03. The van der Waals surface area contributed by atoms with Crippen LogP contribution in [0, 0.1) is 0 Å². The number of aldehydes is 1. The Labute approximate surface area is 81.3 Å². The third-order valence-corrected chi connectivity index (χ3v) is 2.43. The Hall–Kier alpha value is -1.09. The van der Waals surface area contributed by atoms with Gasteiger partial charge in [-0.1, -0.05) is 42.1 Å². The molecule has 1 aromatic carbocycles. The molecule has 0 aliphatic carbocycles. The Morgan fingerprint density at radius 1 is 1.38 bits per heavy atom. The van der Waals surface area contributed by atoms with Gasteiger partial charge in [-0.2, -0.15) is 0 Å². The second-order valence-electron chi connectivity index (χ2n) is 2.61. The average Bonchev–Trinajstić information content (AvgIpc) is 2.19. The number of rotatable bonds is 3. The molecule has 1 atom stereocenters. The maximum atomic E-state index is 11.4. The highest BCUT2D eigenvalue weighted by Crippen LogP contribution is 2.15. The SMILES string of the molecule is CC(C=O)SC(=O)c1ccccc1. The van der Waals surface area contributed by atoms with Gasteiger partial charge in [0.1, 0.15) is 6.29 Å². The largest absolute Gasteiger partial charge is 0.302 e. The van der Waals surface area contributed by atoms with Gasteiger partial charge < -0.3 is 4.79 Å². The van der Waals surface area contributed by atoms with E-state index in [-0.39, 0.29) is 10.4 Å². The predicted molar refractivity (Wildman–Crippen MR) is 53.9 cm³/mol. The molecular weight excluding hydrogens is 184 g/mol. The van der Waals surface area contributed by atoms with Gasteiger partial charge >= 0.3 is 0 Å². The number of thioether (sulfide) groups is 1. The van der Waals surface area contributed by atoms with E-state index in [4.69, 9.17) is 0 Å². The molecule has 13 heavy (non-hydrogen) atoms. The highest BCUT2D eigenvalue weighted by Gasteiger charge is 2.09. The van der Waals surface area contributed by atoms with Gasteiger partial charge in [-0.15, -0.1) is 0 Å². The second-order valence-corrected chi connectivity index (χ2v) is 3.96. The lowest BCUT2D eigenvalue weighted by molar-refractivity contribution is -0.107. The van der Waals surface area contributed by atoms with Crippen molar-refractivity contribution in [2.24, 2.45) is 0 Å². The highest BCUT2D eigenvalue weighted by molar-refractivity contribution is 8.15. The van der Waals surface area contributed by atoms with Crippen molar-refractivity contribution in [2.45, 2.75) is 12.2 Å². The molecule has 0 radical (unpaired) electrons. The zero-order valence-corrected chi connectivity index (χ0v) is 8.08. The summed E-state index contributed by atoms with van der Waals surface area (Å²) in [7, 11) is 0. The fraction of sp³-hybridized carbons (Fsp3) is 0.200. The Bertz CT molecular complexity index is 295. The van der Waals surface area contributed by atoms with Crippen molar-refractivity contribution in [3.63, 3.8) is 0 Å². The summed E-state index contributed by atoms with van der Waals surface area (Å²) in [4.78, 5) is 21.7. The third-order valence-electron chi connectivity index (χ3n) is 1.49. The minimum absolute atomic E-state index is 0.0554. The zero-order valence-electron chi connectivity index (χ0n) is 7.27. The molecule has 0 N–H and O–H groups in total. The minimum Gasteiger partial charge on any atom is -0.302 e. The summed E-state index contributed by atoms with van der Waals surface area (Å²) >= 11 is 1.05. The van der Waals surface area contributed by atoms with Crippen molar-refractivity contribution in [2.75, 3.05) is 0 Å². The lowest BCUT2D eigenvalue weighted by atomic mass is 10.2. The maximum Gasteiger partial charge on any atom is 0.220 e. The highest BCUT2D eigenvalue weighted by atomic mass is 32.2. The third kappa shape index (κ3) is 3.03. The number of carbonyl (C=O) groups excluding carboxylic acids is 2. The van der Waals surface area contributed by atoms with E-state index in [9.17, 15) is 9.59 Å². The topological polar surface area (TPSA) is 34.1 Å². The maximum absolute atomic E-state index is 11.4. The summed E-state index contributed by atoms with van der Waals surface area (Å²) in [5.74, 6) is 0. The molecule has 0 fully saturated rings. The number of hydrogen-bond acceptors (Lipinski definition) is 3. The molecule has 0 aliphatic rings. The van der Waals surface area contributed by atoms with E-state index in [2.05, 4.69) is 0 Å². The first-order valence-corrected chi connectivity index (χ1v) is 4.83.